The van der Waals surface area contributed by atoms with Gasteiger partial charge in [0.2, 0.25) is 0 Å². The van der Waals surface area contributed by atoms with Gasteiger partial charge >= 0.3 is 0 Å². The standard InChI is InChI=1S/C22H34O2/c1-4-22-13-17(2)12-18(15-22)14-21(3,16-22)19-6-8-20(9-7-19)24-11-5-10-23/h6-9,17-18,23H,4-5,10-16H2,1-3H3. The van der Waals surface area contributed by atoms with Crippen LogP contribution in [0.4, 0.5) is 0 Å². The lowest BCUT2D eigenvalue weighted by atomic mass is 9.50. The molecule has 0 aliphatic heterocycles. The van der Waals surface area contributed by atoms with Gasteiger partial charge in [-0.15, -0.1) is 0 Å². The SMILES string of the molecule is CCC12CC(C)CC(C1)CC(C)(c1ccc(OCCCO)cc1)C2. The summed E-state index contributed by atoms with van der Waals surface area (Å²) in [6.45, 7) is 8.12. The maximum Gasteiger partial charge on any atom is 0.119 e. The number of hydrogen-bond donors (Lipinski definition) is 1. The number of aliphatic hydroxyl groups excluding tert-OH is 1. The van der Waals surface area contributed by atoms with E-state index in [1.54, 1.807) is 0 Å². The number of benzene rings is 1. The van der Waals surface area contributed by atoms with Gasteiger partial charge in [-0.25, -0.2) is 0 Å². The van der Waals surface area contributed by atoms with Crippen LogP contribution < -0.4 is 4.74 Å². The van der Waals surface area contributed by atoms with Crippen molar-refractivity contribution in [2.24, 2.45) is 17.3 Å². The first-order valence-corrected chi connectivity index (χ1v) is 9.83. The third-order valence-corrected chi connectivity index (χ3v) is 6.62. The zero-order valence-electron chi connectivity index (χ0n) is 15.7. The molecule has 24 heavy (non-hydrogen) atoms. The van der Waals surface area contributed by atoms with Crippen LogP contribution in [0.5, 0.6) is 5.75 Å². The summed E-state index contributed by atoms with van der Waals surface area (Å²) >= 11 is 0. The van der Waals surface area contributed by atoms with Gasteiger partial charge < -0.3 is 9.84 Å². The molecule has 1 N–H and O–H groups in total. The quantitative estimate of drug-likeness (QED) is 0.714. The smallest absolute Gasteiger partial charge is 0.119 e. The van der Waals surface area contributed by atoms with E-state index < -0.39 is 0 Å². The van der Waals surface area contributed by atoms with Crippen molar-refractivity contribution in [2.75, 3.05) is 13.2 Å². The summed E-state index contributed by atoms with van der Waals surface area (Å²) in [5.74, 6) is 2.72. The Morgan fingerprint density at radius 1 is 1.17 bits per heavy atom. The molecule has 2 aliphatic carbocycles. The summed E-state index contributed by atoms with van der Waals surface area (Å²) in [7, 11) is 0. The molecule has 2 heteroatoms. The summed E-state index contributed by atoms with van der Waals surface area (Å²) in [4.78, 5) is 0. The van der Waals surface area contributed by atoms with Crippen LogP contribution in [-0.4, -0.2) is 18.3 Å². The van der Waals surface area contributed by atoms with Crippen molar-refractivity contribution in [3.05, 3.63) is 29.8 Å². The van der Waals surface area contributed by atoms with E-state index in [9.17, 15) is 0 Å². The molecule has 3 rings (SSSR count). The van der Waals surface area contributed by atoms with E-state index >= 15 is 0 Å². The Morgan fingerprint density at radius 2 is 1.92 bits per heavy atom. The zero-order valence-corrected chi connectivity index (χ0v) is 15.7. The summed E-state index contributed by atoms with van der Waals surface area (Å²) < 4.78 is 5.69. The molecule has 2 saturated carbocycles. The van der Waals surface area contributed by atoms with Crippen molar-refractivity contribution < 1.29 is 9.84 Å². The van der Waals surface area contributed by atoms with Crippen LogP contribution in [0, 0.1) is 17.3 Å². The molecular weight excluding hydrogens is 296 g/mol. The maximum atomic E-state index is 8.86. The molecule has 4 atom stereocenters. The molecule has 4 unspecified atom stereocenters. The fraction of sp³-hybridized carbons (Fsp3) is 0.727. The molecule has 0 spiro atoms. The summed E-state index contributed by atoms with van der Waals surface area (Å²) in [6.07, 6.45) is 8.97. The molecule has 0 aromatic heterocycles. The van der Waals surface area contributed by atoms with Crippen LogP contribution in [0.15, 0.2) is 24.3 Å². The van der Waals surface area contributed by atoms with Crippen molar-refractivity contribution in [3.63, 3.8) is 0 Å². The number of ether oxygens (including phenoxy) is 1. The molecule has 0 amide bonds. The number of hydrogen-bond acceptors (Lipinski definition) is 2. The fourth-order valence-corrected chi connectivity index (χ4v) is 5.85. The van der Waals surface area contributed by atoms with Crippen molar-refractivity contribution >= 4 is 0 Å². The van der Waals surface area contributed by atoms with Gasteiger partial charge in [-0.2, -0.15) is 0 Å². The van der Waals surface area contributed by atoms with Crippen LogP contribution in [0.3, 0.4) is 0 Å². The lowest BCUT2D eigenvalue weighted by Gasteiger charge is -2.55. The molecule has 0 saturated heterocycles. The lowest BCUT2D eigenvalue weighted by Crippen LogP contribution is -2.45. The van der Waals surface area contributed by atoms with Gasteiger partial charge in [-0.05, 0) is 72.5 Å². The summed E-state index contributed by atoms with van der Waals surface area (Å²) in [5.41, 5.74) is 2.35. The highest BCUT2D eigenvalue weighted by atomic mass is 16.5. The van der Waals surface area contributed by atoms with E-state index in [0.29, 0.717) is 23.9 Å². The molecule has 2 nitrogen and oxygen atoms in total. The minimum atomic E-state index is 0.190. The van der Waals surface area contributed by atoms with Crippen LogP contribution in [-0.2, 0) is 5.41 Å². The molecule has 2 fully saturated rings. The Hall–Kier alpha value is -1.02. The highest BCUT2D eigenvalue weighted by Crippen LogP contribution is 2.59. The number of fused-ring (bicyclic) bond motifs is 2. The van der Waals surface area contributed by atoms with E-state index in [-0.39, 0.29) is 6.61 Å². The summed E-state index contributed by atoms with van der Waals surface area (Å²) in [5, 5.41) is 8.86. The Kier molecular flexibility index (Phi) is 5.24. The highest BCUT2D eigenvalue weighted by molar-refractivity contribution is 5.33. The van der Waals surface area contributed by atoms with Gasteiger partial charge in [0.1, 0.15) is 5.75 Å². The van der Waals surface area contributed by atoms with E-state index in [2.05, 4.69) is 45.0 Å². The minimum absolute atomic E-state index is 0.190. The van der Waals surface area contributed by atoms with Gasteiger partial charge in [-0.3, -0.25) is 0 Å². The molecule has 0 heterocycles. The predicted octanol–water partition coefficient (Wildman–Crippen LogP) is 5.33. The van der Waals surface area contributed by atoms with Crippen molar-refractivity contribution in [2.45, 2.75) is 71.1 Å². The number of aliphatic hydroxyl groups is 1. The first-order valence-electron chi connectivity index (χ1n) is 9.83. The average molecular weight is 331 g/mol. The fourth-order valence-electron chi connectivity index (χ4n) is 5.85. The second-order valence-corrected chi connectivity index (χ2v) is 8.86. The third-order valence-electron chi connectivity index (χ3n) is 6.62. The summed E-state index contributed by atoms with van der Waals surface area (Å²) in [6, 6.07) is 8.79. The molecule has 1 aromatic carbocycles. The van der Waals surface area contributed by atoms with Crippen LogP contribution in [0.2, 0.25) is 0 Å². The van der Waals surface area contributed by atoms with Gasteiger partial charge in [0.05, 0.1) is 6.61 Å². The largest absolute Gasteiger partial charge is 0.494 e. The normalized spacial score (nSPS) is 35.7. The molecular formula is C22H34O2. The van der Waals surface area contributed by atoms with Gasteiger partial charge in [0.25, 0.3) is 0 Å². The second kappa shape index (κ2) is 7.07. The van der Waals surface area contributed by atoms with Crippen LogP contribution in [0.1, 0.15) is 71.3 Å². The highest BCUT2D eigenvalue weighted by Gasteiger charge is 2.49. The van der Waals surface area contributed by atoms with Crippen LogP contribution in [0.25, 0.3) is 0 Å². The lowest BCUT2D eigenvalue weighted by molar-refractivity contribution is 0.0000646. The van der Waals surface area contributed by atoms with E-state index in [0.717, 1.165) is 17.6 Å². The maximum absolute atomic E-state index is 8.86. The Morgan fingerprint density at radius 3 is 2.58 bits per heavy atom. The molecule has 134 valence electrons. The monoisotopic (exact) mass is 330 g/mol. The van der Waals surface area contributed by atoms with Crippen molar-refractivity contribution in [1.82, 2.24) is 0 Å². The van der Waals surface area contributed by atoms with E-state index in [1.807, 2.05) is 0 Å². The Bertz CT molecular complexity index is 533. The van der Waals surface area contributed by atoms with Crippen molar-refractivity contribution in [1.29, 1.82) is 0 Å². The topological polar surface area (TPSA) is 29.5 Å². The van der Waals surface area contributed by atoms with Gasteiger partial charge in [0.15, 0.2) is 0 Å². The molecule has 1 aromatic rings. The molecule has 0 radical (unpaired) electrons. The average Bonchev–Trinajstić information content (AvgIpc) is 2.54. The Labute approximate surface area is 147 Å². The van der Waals surface area contributed by atoms with Gasteiger partial charge in [0, 0.05) is 13.0 Å². The van der Waals surface area contributed by atoms with Crippen LogP contribution >= 0.6 is 0 Å². The zero-order chi connectivity index (χ0) is 17.2. The predicted molar refractivity (Wildman–Crippen MR) is 99.5 cm³/mol. The molecule has 2 aliphatic rings. The number of rotatable bonds is 6. The third kappa shape index (κ3) is 3.64. The first kappa shape index (κ1) is 17.8. The molecule has 2 bridgehead atoms. The van der Waals surface area contributed by atoms with E-state index in [4.69, 9.17) is 9.84 Å². The van der Waals surface area contributed by atoms with Gasteiger partial charge in [-0.1, -0.05) is 39.3 Å². The Balaban J connectivity index is 1.75. The van der Waals surface area contributed by atoms with E-state index in [1.165, 1.54) is 44.1 Å². The second-order valence-electron chi connectivity index (χ2n) is 8.86. The first-order chi connectivity index (χ1) is 11.5. The van der Waals surface area contributed by atoms with Crippen molar-refractivity contribution in [3.8, 4) is 5.75 Å². The minimum Gasteiger partial charge on any atom is -0.494 e.